The van der Waals surface area contributed by atoms with Crippen LogP contribution < -0.4 is 5.73 Å². The monoisotopic (exact) mass is 391 g/mol. The molecular formula is C23H19F2N3O. The topological polar surface area (TPSA) is 62.3 Å². The smallest absolute Gasteiger partial charge is 0.205 e. The molecule has 2 aromatic rings. The first-order chi connectivity index (χ1) is 14.0. The summed E-state index contributed by atoms with van der Waals surface area (Å²) in [5, 5.41) is 9.69. The molecule has 0 aliphatic carbocycles. The van der Waals surface area contributed by atoms with Crippen molar-refractivity contribution in [2.45, 2.75) is 5.92 Å². The quantitative estimate of drug-likeness (QED) is 0.839. The zero-order valence-electron chi connectivity index (χ0n) is 15.8. The number of nitriles is 1. The highest BCUT2D eigenvalue weighted by Crippen LogP contribution is 2.41. The van der Waals surface area contributed by atoms with E-state index in [0.717, 1.165) is 16.7 Å². The molecule has 0 amide bonds. The molecule has 29 heavy (non-hydrogen) atoms. The van der Waals surface area contributed by atoms with Crippen LogP contribution in [0.25, 0.3) is 5.57 Å². The van der Waals surface area contributed by atoms with Crippen molar-refractivity contribution >= 4 is 5.57 Å². The predicted octanol–water partition coefficient (Wildman–Crippen LogP) is 4.06. The van der Waals surface area contributed by atoms with E-state index in [2.05, 4.69) is 6.07 Å². The molecule has 0 radical (unpaired) electrons. The van der Waals surface area contributed by atoms with Gasteiger partial charge >= 0.3 is 0 Å². The van der Waals surface area contributed by atoms with Crippen molar-refractivity contribution in [3.63, 3.8) is 0 Å². The molecule has 4 nitrogen and oxygen atoms in total. The fraction of sp³-hybridized carbons (Fsp3) is 0.174. The maximum Gasteiger partial charge on any atom is 0.205 e. The summed E-state index contributed by atoms with van der Waals surface area (Å²) in [5.74, 6) is -0.702. The third-order valence-corrected chi connectivity index (χ3v) is 5.12. The van der Waals surface area contributed by atoms with Crippen LogP contribution in [-0.2, 0) is 4.74 Å². The Bertz CT molecular complexity index is 1110. The second-order valence-corrected chi connectivity index (χ2v) is 7.22. The molecule has 1 atom stereocenters. The summed E-state index contributed by atoms with van der Waals surface area (Å²) in [6.45, 7) is 1.04. The molecule has 0 bridgehead atoms. The molecule has 6 heteroatoms. The average molecular weight is 391 g/mol. The van der Waals surface area contributed by atoms with Crippen molar-refractivity contribution < 1.29 is 13.5 Å². The van der Waals surface area contributed by atoms with Crippen LogP contribution in [0.1, 0.15) is 17.0 Å². The van der Waals surface area contributed by atoms with Gasteiger partial charge in [0.1, 0.15) is 29.0 Å². The Balaban J connectivity index is 1.88. The molecule has 1 unspecified atom stereocenters. The lowest BCUT2D eigenvalue weighted by Gasteiger charge is -2.29. The van der Waals surface area contributed by atoms with Crippen LogP contribution in [0.3, 0.4) is 0 Å². The van der Waals surface area contributed by atoms with E-state index in [9.17, 15) is 14.0 Å². The zero-order chi connectivity index (χ0) is 20.5. The molecule has 0 spiro atoms. The fourth-order valence-electron chi connectivity index (χ4n) is 3.87. The lowest BCUT2D eigenvalue weighted by atomic mass is 9.82. The van der Waals surface area contributed by atoms with Gasteiger partial charge in [-0.1, -0.05) is 24.3 Å². The van der Waals surface area contributed by atoms with E-state index in [4.69, 9.17) is 10.5 Å². The minimum atomic E-state index is -0.509. The molecule has 146 valence electrons. The number of likely N-dealkylation sites (N-methyl/N-ethyl adjacent to an activating group) is 1. The van der Waals surface area contributed by atoms with Gasteiger partial charge in [-0.15, -0.1) is 0 Å². The van der Waals surface area contributed by atoms with Crippen LogP contribution in [0, 0.1) is 23.0 Å². The number of nitrogens with two attached hydrogens (primary N) is 1. The molecular weight excluding hydrogens is 372 g/mol. The second-order valence-electron chi connectivity index (χ2n) is 7.22. The highest BCUT2D eigenvalue weighted by molar-refractivity contribution is 5.71. The number of nitrogens with zero attached hydrogens (tertiary/aromatic N) is 2. The van der Waals surface area contributed by atoms with Gasteiger partial charge in [0.05, 0.1) is 5.92 Å². The fourth-order valence-corrected chi connectivity index (χ4v) is 3.87. The molecule has 0 saturated carbocycles. The summed E-state index contributed by atoms with van der Waals surface area (Å²) in [6, 6.07) is 14.6. The van der Waals surface area contributed by atoms with Gasteiger partial charge in [0.25, 0.3) is 0 Å². The van der Waals surface area contributed by atoms with Crippen molar-refractivity contribution in [2.75, 3.05) is 20.1 Å². The number of hydrogen-bond donors (Lipinski definition) is 1. The summed E-state index contributed by atoms with van der Waals surface area (Å²) in [5.41, 5.74) is 9.37. The molecule has 4 rings (SSSR count). The molecule has 2 aliphatic heterocycles. The molecule has 0 saturated heterocycles. The number of hydrogen-bond acceptors (Lipinski definition) is 4. The van der Waals surface area contributed by atoms with Gasteiger partial charge in [-0.25, -0.2) is 8.78 Å². The average Bonchev–Trinajstić information content (AvgIpc) is 2.85. The summed E-state index contributed by atoms with van der Waals surface area (Å²) in [6.07, 6.45) is 1.83. The van der Waals surface area contributed by atoms with E-state index in [1.807, 2.05) is 24.1 Å². The Morgan fingerprint density at radius 2 is 1.83 bits per heavy atom. The Morgan fingerprint density at radius 1 is 1.10 bits per heavy atom. The standard InChI is InChI=1S/C23H19F2N3O/c1-28-12-16(14-4-2-6-17(24)8-14)10-21-20(13-28)22(19(11-26)23(27)29-21)15-5-3-7-18(25)9-15/h2-10,22H,12-13,27H2,1H3. The van der Waals surface area contributed by atoms with Gasteiger partial charge in [-0.3, -0.25) is 4.90 Å². The number of benzene rings is 2. The van der Waals surface area contributed by atoms with E-state index in [1.54, 1.807) is 18.2 Å². The Labute approximate surface area is 167 Å². The van der Waals surface area contributed by atoms with E-state index in [-0.39, 0.29) is 23.1 Å². The number of halogens is 2. The first-order valence-corrected chi connectivity index (χ1v) is 9.17. The molecule has 2 aliphatic rings. The minimum Gasteiger partial charge on any atom is -0.440 e. The van der Waals surface area contributed by atoms with Crippen LogP contribution in [0.5, 0.6) is 0 Å². The van der Waals surface area contributed by atoms with Crippen LogP contribution in [-0.4, -0.2) is 25.0 Å². The van der Waals surface area contributed by atoms with Gasteiger partial charge < -0.3 is 10.5 Å². The first kappa shape index (κ1) is 18.9. The molecule has 2 heterocycles. The summed E-state index contributed by atoms with van der Waals surface area (Å²) in [7, 11) is 1.93. The van der Waals surface area contributed by atoms with Crippen molar-refractivity contribution in [1.82, 2.24) is 4.90 Å². The summed E-state index contributed by atoms with van der Waals surface area (Å²) < 4.78 is 33.5. The van der Waals surface area contributed by atoms with Crippen molar-refractivity contribution in [2.24, 2.45) is 5.73 Å². The molecule has 2 aromatic carbocycles. The number of rotatable bonds is 2. The van der Waals surface area contributed by atoms with Gasteiger partial charge in [0.2, 0.25) is 5.88 Å². The summed E-state index contributed by atoms with van der Waals surface area (Å²) >= 11 is 0. The third kappa shape index (κ3) is 3.65. The Morgan fingerprint density at radius 3 is 2.52 bits per heavy atom. The second kappa shape index (κ2) is 7.53. The predicted molar refractivity (Wildman–Crippen MR) is 106 cm³/mol. The van der Waals surface area contributed by atoms with Crippen molar-refractivity contribution in [3.8, 4) is 6.07 Å². The largest absolute Gasteiger partial charge is 0.440 e. The van der Waals surface area contributed by atoms with Crippen LogP contribution in [0.2, 0.25) is 0 Å². The lowest BCUT2D eigenvalue weighted by molar-refractivity contribution is 0.286. The van der Waals surface area contributed by atoms with Crippen LogP contribution >= 0.6 is 0 Å². The first-order valence-electron chi connectivity index (χ1n) is 9.17. The van der Waals surface area contributed by atoms with E-state index in [1.165, 1.54) is 24.3 Å². The number of allylic oxidation sites excluding steroid dienone is 2. The van der Waals surface area contributed by atoms with Gasteiger partial charge in [-0.05, 0) is 59.7 Å². The van der Waals surface area contributed by atoms with Crippen molar-refractivity contribution in [3.05, 3.63) is 100 Å². The van der Waals surface area contributed by atoms with Crippen LogP contribution in [0.4, 0.5) is 8.78 Å². The molecule has 2 N–H and O–H groups in total. The zero-order valence-corrected chi connectivity index (χ0v) is 15.8. The van der Waals surface area contributed by atoms with Gasteiger partial charge in [0.15, 0.2) is 0 Å². The van der Waals surface area contributed by atoms with E-state index >= 15 is 0 Å². The van der Waals surface area contributed by atoms with Gasteiger partial charge in [-0.2, -0.15) is 5.26 Å². The van der Waals surface area contributed by atoms with Gasteiger partial charge in [0, 0.05) is 13.1 Å². The highest BCUT2D eigenvalue weighted by Gasteiger charge is 2.34. The highest BCUT2D eigenvalue weighted by atomic mass is 19.1. The number of ether oxygens (including phenoxy) is 1. The molecule has 0 fully saturated rings. The SMILES string of the molecule is CN1CC(c2cccc(F)c2)=CC2=C(C1)C(c1cccc(F)c1)C(C#N)=C(N)O2. The third-order valence-electron chi connectivity index (χ3n) is 5.12. The lowest BCUT2D eigenvalue weighted by Crippen LogP contribution is -2.28. The van der Waals surface area contributed by atoms with Crippen molar-refractivity contribution in [1.29, 1.82) is 5.26 Å². The Hall–Kier alpha value is -3.43. The maximum absolute atomic E-state index is 13.9. The maximum atomic E-state index is 13.9. The van der Waals surface area contributed by atoms with E-state index in [0.29, 0.717) is 24.4 Å². The van der Waals surface area contributed by atoms with E-state index < -0.39 is 5.92 Å². The summed E-state index contributed by atoms with van der Waals surface area (Å²) in [4.78, 5) is 2.05. The molecule has 0 aromatic heterocycles. The normalized spacial score (nSPS) is 19.8. The minimum absolute atomic E-state index is 0.0000866. The Kier molecular flexibility index (Phi) is 4.91. The van der Waals surface area contributed by atoms with Crippen LogP contribution in [0.15, 0.2) is 77.4 Å².